The molecule has 1 aromatic rings. The van der Waals surface area contributed by atoms with Crippen molar-refractivity contribution < 1.29 is 14.6 Å². The van der Waals surface area contributed by atoms with Crippen LogP contribution in [0.4, 0.5) is 0 Å². The molecule has 0 aliphatic carbocycles. The first-order valence-electron chi connectivity index (χ1n) is 5.80. The van der Waals surface area contributed by atoms with Gasteiger partial charge >= 0.3 is 5.97 Å². The van der Waals surface area contributed by atoms with Crippen LogP contribution in [-0.2, 0) is 10.2 Å². The highest BCUT2D eigenvalue weighted by molar-refractivity contribution is 5.91. The lowest BCUT2D eigenvalue weighted by Crippen LogP contribution is -2.14. The standard InChI is InChI=1S/C15H20O3/c1-9(2)11-7-10(14(17)18-6)8-12(13(11)16)15(3,4)5/h7-8,16H,1H2,2-6H3. The van der Waals surface area contributed by atoms with Crippen molar-refractivity contribution in [1.29, 1.82) is 0 Å². The molecule has 0 fully saturated rings. The molecule has 0 aliphatic rings. The van der Waals surface area contributed by atoms with E-state index in [4.69, 9.17) is 4.74 Å². The minimum atomic E-state index is -0.414. The molecule has 0 aromatic heterocycles. The van der Waals surface area contributed by atoms with Crippen molar-refractivity contribution in [2.45, 2.75) is 33.1 Å². The minimum absolute atomic E-state index is 0.183. The first kappa shape index (κ1) is 14.3. The molecule has 0 amide bonds. The summed E-state index contributed by atoms with van der Waals surface area (Å²) >= 11 is 0. The molecule has 0 saturated heterocycles. The predicted octanol–water partition coefficient (Wildman–Crippen LogP) is 3.51. The van der Waals surface area contributed by atoms with E-state index in [9.17, 15) is 9.90 Å². The van der Waals surface area contributed by atoms with E-state index in [1.807, 2.05) is 20.8 Å². The zero-order valence-corrected chi connectivity index (χ0v) is 11.6. The van der Waals surface area contributed by atoms with E-state index in [0.29, 0.717) is 22.3 Å². The lowest BCUT2D eigenvalue weighted by molar-refractivity contribution is 0.0600. The van der Waals surface area contributed by atoms with Gasteiger partial charge in [0.15, 0.2) is 0 Å². The van der Waals surface area contributed by atoms with Gasteiger partial charge in [0.25, 0.3) is 0 Å². The fraction of sp³-hybridized carbons (Fsp3) is 0.400. The third kappa shape index (κ3) is 2.73. The van der Waals surface area contributed by atoms with Crippen molar-refractivity contribution in [2.24, 2.45) is 0 Å². The van der Waals surface area contributed by atoms with Crippen LogP contribution in [0.3, 0.4) is 0 Å². The maximum Gasteiger partial charge on any atom is 0.337 e. The van der Waals surface area contributed by atoms with Crippen molar-refractivity contribution >= 4 is 11.5 Å². The molecule has 0 bridgehead atoms. The number of rotatable bonds is 2. The highest BCUT2D eigenvalue weighted by Crippen LogP contribution is 2.37. The van der Waals surface area contributed by atoms with Crippen LogP contribution < -0.4 is 0 Å². The van der Waals surface area contributed by atoms with Gasteiger partial charge in [-0.25, -0.2) is 4.79 Å². The highest BCUT2D eigenvalue weighted by Gasteiger charge is 2.23. The second-order valence-electron chi connectivity index (χ2n) is 5.44. The molecule has 1 N–H and O–H groups in total. The van der Waals surface area contributed by atoms with E-state index >= 15 is 0 Å². The van der Waals surface area contributed by atoms with Gasteiger partial charge in [-0.2, -0.15) is 0 Å². The average Bonchev–Trinajstić information content (AvgIpc) is 2.26. The van der Waals surface area contributed by atoms with Gasteiger partial charge < -0.3 is 9.84 Å². The molecule has 0 heterocycles. The fourth-order valence-electron chi connectivity index (χ4n) is 1.77. The van der Waals surface area contributed by atoms with E-state index in [0.717, 1.165) is 0 Å². The first-order chi connectivity index (χ1) is 8.18. The van der Waals surface area contributed by atoms with Crippen molar-refractivity contribution in [1.82, 2.24) is 0 Å². The van der Waals surface area contributed by atoms with Crippen molar-refractivity contribution in [2.75, 3.05) is 7.11 Å². The number of phenols is 1. The lowest BCUT2D eigenvalue weighted by atomic mass is 9.83. The van der Waals surface area contributed by atoms with Gasteiger partial charge in [0, 0.05) is 11.1 Å². The van der Waals surface area contributed by atoms with Crippen molar-refractivity contribution in [3.05, 3.63) is 35.4 Å². The Morgan fingerprint density at radius 1 is 1.33 bits per heavy atom. The van der Waals surface area contributed by atoms with E-state index in [2.05, 4.69) is 6.58 Å². The van der Waals surface area contributed by atoms with E-state index in [1.165, 1.54) is 7.11 Å². The Hall–Kier alpha value is -1.77. The van der Waals surface area contributed by atoms with Gasteiger partial charge in [0.2, 0.25) is 0 Å². The summed E-state index contributed by atoms with van der Waals surface area (Å²) in [4.78, 5) is 11.6. The van der Waals surface area contributed by atoms with Gasteiger partial charge in [-0.3, -0.25) is 0 Å². The van der Waals surface area contributed by atoms with Crippen molar-refractivity contribution in [3.8, 4) is 5.75 Å². The summed E-state index contributed by atoms with van der Waals surface area (Å²) in [7, 11) is 1.34. The number of allylic oxidation sites excluding steroid dienone is 1. The Labute approximate surface area is 108 Å². The highest BCUT2D eigenvalue weighted by atomic mass is 16.5. The number of hydrogen-bond acceptors (Lipinski definition) is 3. The summed E-state index contributed by atoms with van der Waals surface area (Å²) < 4.78 is 4.73. The molecular formula is C15H20O3. The third-order valence-corrected chi connectivity index (χ3v) is 2.80. The number of methoxy groups -OCH3 is 1. The van der Waals surface area contributed by atoms with Crippen molar-refractivity contribution in [3.63, 3.8) is 0 Å². The second-order valence-corrected chi connectivity index (χ2v) is 5.44. The number of esters is 1. The molecule has 1 rings (SSSR count). The van der Waals surface area contributed by atoms with Gasteiger partial charge in [0.1, 0.15) is 5.75 Å². The monoisotopic (exact) mass is 248 g/mol. The quantitative estimate of drug-likeness (QED) is 0.815. The lowest BCUT2D eigenvalue weighted by Gasteiger charge is -2.23. The van der Waals surface area contributed by atoms with Gasteiger partial charge in [0.05, 0.1) is 12.7 Å². The van der Waals surface area contributed by atoms with E-state index in [-0.39, 0.29) is 11.2 Å². The number of aromatic hydroxyl groups is 1. The second kappa shape index (κ2) is 4.84. The number of carbonyl (C=O) groups is 1. The number of phenolic OH excluding ortho intramolecular Hbond substituents is 1. The van der Waals surface area contributed by atoms with Crippen LogP contribution in [0.2, 0.25) is 0 Å². The number of carbonyl (C=O) groups excluding carboxylic acids is 1. The Kier molecular flexibility index (Phi) is 3.85. The average molecular weight is 248 g/mol. The molecule has 98 valence electrons. The molecule has 0 aliphatic heterocycles. The van der Waals surface area contributed by atoms with Crippen LogP contribution in [0, 0.1) is 0 Å². The Balaban J connectivity index is 3.57. The first-order valence-corrected chi connectivity index (χ1v) is 5.80. The summed E-state index contributed by atoms with van der Waals surface area (Å²) in [6.45, 7) is 11.6. The number of hydrogen-bond donors (Lipinski definition) is 1. The molecular weight excluding hydrogens is 228 g/mol. The van der Waals surface area contributed by atoms with Crippen LogP contribution in [0.25, 0.3) is 5.57 Å². The largest absolute Gasteiger partial charge is 0.507 e. The SMILES string of the molecule is C=C(C)c1cc(C(=O)OC)cc(C(C)(C)C)c1O. The van der Waals surface area contributed by atoms with Crippen LogP contribution in [0.1, 0.15) is 49.2 Å². The molecule has 1 aromatic carbocycles. The van der Waals surface area contributed by atoms with Crippen LogP contribution >= 0.6 is 0 Å². The molecule has 3 nitrogen and oxygen atoms in total. The van der Waals surface area contributed by atoms with Gasteiger partial charge in [-0.05, 0) is 30.0 Å². The zero-order valence-electron chi connectivity index (χ0n) is 11.6. The minimum Gasteiger partial charge on any atom is -0.507 e. The maximum absolute atomic E-state index is 11.6. The van der Waals surface area contributed by atoms with Crippen LogP contribution in [-0.4, -0.2) is 18.2 Å². The molecule has 3 heteroatoms. The van der Waals surface area contributed by atoms with E-state index < -0.39 is 5.97 Å². The predicted molar refractivity (Wildman–Crippen MR) is 72.9 cm³/mol. The summed E-state index contributed by atoms with van der Waals surface area (Å²) in [6.07, 6.45) is 0. The molecule has 0 atom stereocenters. The molecule has 0 unspecified atom stereocenters. The van der Waals surface area contributed by atoms with Gasteiger partial charge in [-0.1, -0.05) is 27.4 Å². The summed E-state index contributed by atoms with van der Waals surface area (Å²) in [5, 5.41) is 10.3. The Morgan fingerprint density at radius 3 is 2.28 bits per heavy atom. The molecule has 0 radical (unpaired) electrons. The molecule has 18 heavy (non-hydrogen) atoms. The normalized spacial score (nSPS) is 11.2. The Bertz CT molecular complexity index is 493. The molecule has 0 saturated carbocycles. The Morgan fingerprint density at radius 2 is 1.89 bits per heavy atom. The summed E-state index contributed by atoms with van der Waals surface area (Å²) in [6, 6.07) is 3.28. The fourth-order valence-corrected chi connectivity index (χ4v) is 1.77. The smallest absolute Gasteiger partial charge is 0.337 e. The number of ether oxygens (including phenoxy) is 1. The molecule has 0 spiro atoms. The topological polar surface area (TPSA) is 46.5 Å². The zero-order chi connectivity index (χ0) is 14.1. The third-order valence-electron chi connectivity index (χ3n) is 2.80. The maximum atomic E-state index is 11.6. The number of benzene rings is 1. The van der Waals surface area contributed by atoms with Gasteiger partial charge in [-0.15, -0.1) is 0 Å². The van der Waals surface area contributed by atoms with E-state index in [1.54, 1.807) is 19.1 Å². The summed E-state index contributed by atoms with van der Waals surface area (Å²) in [5.41, 5.74) is 2.17. The van der Waals surface area contributed by atoms with Crippen LogP contribution in [0.15, 0.2) is 18.7 Å². The summed E-state index contributed by atoms with van der Waals surface area (Å²) in [5.74, 6) is -0.231. The van der Waals surface area contributed by atoms with Crippen LogP contribution in [0.5, 0.6) is 5.75 Å².